The standard InChI is InChI=1S/C23H20ClN3O2S/c1-25(2)17-9-11-18(12-10-17)26-13-5-7-19(26)14-21-22(28)27(23(29)30-21)15-16-6-3-4-8-20(16)24/h3-14H,15H2,1-2H3/b21-14-. The molecular formula is C23H20ClN3O2S. The van der Waals surface area contributed by atoms with Gasteiger partial charge in [0.2, 0.25) is 0 Å². The van der Waals surface area contributed by atoms with Gasteiger partial charge in [-0.1, -0.05) is 29.8 Å². The van der Waals surface area contributed by atoms with Crippen LogP contribution in [0.1, 0.15) is 11.3 Å². The molecule has 0 N–H and O–H groups in total. The van der Waals surface area contributed by atoms with E-state index in [0.717, 1.165) is 34.4 Å². The van der Waals surface area contributed by atoms with Gasteiger partial charge >= 0.3 is 0 Å². The van der Waals surface area contributed by atoms with Gasteiger partial charge in [0.25, 0.3) is 11.1 Å². The number of hydrogen-bond donors (Lipinski definition) is 0. The minimum absolute atomic E-state index is 0.161. The summed E-state index contributed by atoms with van der Waals surface area (Å²) in [6, 6.07) is 19.2. The van der Waals surface area contributed by atoms with Crippen molar-refractivity contribution >= 4 is 46.3 Å². The van der Waals surface area contributed by atoms with Crippen molar-refractivity contribution in [2.45, 2.75) is 6.54 Å². The Morgan fingerprint density at radius 2 is 1.73 bits per heavy atom. The lowest BCUT2D eigenvalue weighted by molar-refractivity contribution is -0.123. The molecule has 3 aromatic rings. The molecule has 30 heavy (non-hydrogen) atoms. The first-order valence-corrected chi connectivity index (χ1v) is 10.6. The van der Waals surface area contributed by atoms with Crippen LogP contribution in [0.5, 0.6) is 0 Å². The van der Waals surface area contributed by atoms with Crippen LogP contribution in [0.2, 0.25) is 5.02 Å². The van der Waals surface area contributed by atoms with Crippen LogP contribution in [0.25, 0.3) is 11.8 Å². The highest BCUT2D eigenvalue weighted by Crippen LogP contribution is 2.34. The average Bonchev–Trinajstić information content (AvgIpc) is 3.30. The maximum Gasteiger partial charge on any atom is 0.293 e. The lowest BCUT2D eigenvalue weighted by Crippen LogP contribution is -2.27. The molecule has 0 unspecified atom stereocenters. The highest BCUT2D eigenvalue weighted by Gasteiger charge is 2.35. The number of carbonyl (C=O) groups is 2. The van der Waals surface area contributed by atoms with Crippen molar-refractivity contribution in [3.63, 3.8) is 0 Å². The molecule has 7 heteroatoms. The smallest absolute Gasteiger partial charge is 0.293 e. The zero-order valence-corrected chi connectivity index (χ0v) is 18.2. The summed E-state index contributed by atoms with van der Waals surface area (Å²) in [7, 11) is 3.99. The first kappa shape index (κ1) is 20.3. The topological polar surface area (TPSA) is 45.6 Å². The summed E-state index contributed by atoms with van der Waals surface area (Å²) in [5, 5.41) is 0.246. The summed E-state index contributed by atoms with van der Waals surface area (Å²) in [5.74, 6) is -0.305. The van der Waals surface area contributed by atoms with E-state index in [-0.39, 0.29) is 17.7 Å². The Balaban J connectivity index is 1.59. The van der Waals surface area contributed by atoms with Crippen LogP contribution in [0, 0.1) is 0 Å². The molecule has 0 spiro atoms. The van der Waals surface area contributed by atoms with Gasteiger partial charge in [0.1, 0.15) is 0 Å². The molecule has 0 saturated carbocycles. The first-order valence-electron chi connectivity index (χ1n) is 9.38. The van der Waals surface area contributed by atoms with Crippen LogP contribution in [-0.4, -0.2) is 34.7 Å². The van der Waals surface area contributed by atoms with E-state index in [1.807, 2.05) is 84.4 Å². The fourth-order valence-electron chi connectivity index (χ4n) is 3.23. The van der Waals surface area contributed by atoms with E-state index < -0.39 is 0 Å². The van der Waals surface area contributed by atoms with E-state index in [1.165, 1.54) is 4.90 Å². The summed E-state index contributed by atoms with van der Waals surface area (Å²) in [4.78, 5) is 29.0. The molecule has 2 amide bonds. The molecule has 1 saturated heterocycles. The minimum atomic E-state index is -0.305. The third-order valence-corrected chi connectivity index (χ3v) is 6.14. The second-order valence-corrected chi connectivity index (χ2v) is 8.47. The van der Waals surface area contributed by atoms with E-state index in [2.05, 4.69) is 0 Å². The normalized spacial score (nSPS) is 15.3. The number of aromatic nitrogens is 1. The molecule has 2 heterocycles. The van der Waals surface area contributed by atoms with Gasteiger partial charge in [0.05, 0.1) is 11.4 Å². The fraction of sp³-hybridized carbons (Fsp3) is 0.130. The van der Waals surface area contributed by atoms with Crippen LogP contribution in [0.3, 0.4) is 0 Å². The second kappa shape index (κ2) is 8.42. The molecular weight excluding hydrogens is 418 g/mol. The zero-order valence-electron chi connectivity index (χ0n) is 16.6. The van der Waals surface area contributed by atoms with Gasteiger partial charge in [-0.25, -0.2) is 0 Å². The van der Waals surface area contributed by atoms with Crippen LogP contribution < -0.4 is 4.90 Å². The van der Waals surface area contributed by atoms with Crippen LogP contribution in [0.4, 0.5) is 10.5 Å². The summed E-state index contributed by atoms with van der Waals surface area (Å²) in [5.41, 5.74) is 3.66. The number of nitrogens with zero attached hydrogens (tertiary/aromatic N) is 3. The van der Waals surface area contributed by atoms with Gasteiger partial charge in [-0.05, 0) is 65.9 Å². The Kier molecular flexibility index (Phi) is 5.70. The monoisotopic (exact) mass is 437 g/mol. The molecule has 0 bridgehead atoms. The fourth-order valence-corrected chi connectivity index (χ4v) is 4.24. The number of benzene rings is 2. The van der Waals surface area contributed by atoms with Crippen LogP contribution >= 0.6 is 23.4 Å². The van der Waals surface area contributed by atoms with E-state index in [4.69, 9.17) is 11.6 Å². The van der Waals surface area contributed by atoms with Crippen LogP contribution in [-0.2, 0) is 11.3 Å². The van der Waals surface area contributed by atoms with Crippen LogP contribution in [0.15, 0.2) is 71.8 Å². The maximum absolute atomic E-state index is 12.9. The number of halogens is 1. The van der Waals surface area contributed by atoms with Crippen molar-refractivity contribution in [3.8, 4) is 5.69 Å². The molecule has 5 nitrogen and oxygen atoms in total. The van der Waals surface area contributed by atoms with Crippen molar-refractivity contribution < 1.29 is 9.59 Å². The van der Waals surface area contributed by atoms with Crippen molar-refractivity contribution in [2.75, 3.05) is 19.0 Å². The first-order chi connectivity index (χ1) is 14.4. The van der Waals surface area contributed by atoms with E-state index in [1.54, 1.807) is 12.1 Å². The van der Waals surface area contributed by atoms with Crippen molar-refractivity contribution in [1.29, 1.82) is 0 Å². The Bertz CT molecular complexity index is 1140. The average molecular weight is 438 g/mol. The third-order valence-electron chi connectivity index (χ3n) is 4.86. The molecule has 2 aromatic carbocycles. The molecule has 4 rings (SSSR count). The van der Waals surface area contributed by atoms with Gasteiger partial charge in [0, 0.05) is 42.4 Å². The molecule has 0 atom stereocenters. The molecule has 0 aliphatic carbocycles. The predicted octanol–water partition coefficient (Wildman–Crippen LogP) is 5.43. The number of anilines is 1. The Hall–Kier alpha value is -2.96. The molecule has 0 radical (unpaired) electrons. The predicted molar refractivity (Wildman–Crippen MR) is 123 cm³/mol. The third kappa shape index (κ3) is 4.01. The highest BCUT2D eigenvalue weighted by atomic mass is 35.5. The van der Waals surface area contributed by atoms with E-state index in [9.17, 15) is 9.59 Å². The lowest BCUT2D eigenvalue weighted by Gasteiger charge is -2.14. The SMILES string of the molecule is CN(C)c1ccc(-n2cccc2/C=C2\SC(=O)N(Cc3ccccc3Cl)C2=O)cc1. The largest absolute Gasteiger partial charge is 0.378 e. The zero-order chi connectivity index (χ0) is 21.3. The van der Waals surface area contributed by atoms with E-state index >= 15 is 0 Å². The number of carbonyl (C=O) groups excluding carboxylic acids is 2. The molecule has 1 aromatic heterocycles. The molecule has 1 aliphatic heterocycles. The minimum Gasteiger partial charge on any atom is -0.378 e. The molecule has 152 valence electrons. The Morgan fingerprint density at radius 1 is 1.00 bits per heavy atom. The Labute approximate surface area is 184 Å². The summed E-state index contributed by atoms with van der Waals surface area (Å²) >= 11 is 7.14. The van der Waals surface area contributed by atoms with Gasteiger partial charge in [0.15, 0.2) is 0 Å². The quantitative estimate of drug-likeness (QED) is 0.499. The summed E-state index contributed by atoms with van der Waals surface area (Å²) in [6.07, 6.45) is 3.70. The summed E-state index contributed by atoms with van der Waals surface area (Å²) in [6.45, 7) is 0.161. The highest BCUT2D eigenvalue weighted by molar-refractivity contribution is 8.18. The second-order valence-electron chi connectivity index (χ2n) is 7.07. The number of amides is 2. The number of hydrogen-bond acceptors (Lipinski definition) is 4. The van der Waals surface area contributed by atoms with Gasteiger partial charge in [-0.3, -0.25) is 14.5 Å². The van der Waals surface area contributed by atoms with Gasteiger partial charge in [-0.15, -0.1) is 0 Å². The van der Waals surface area contributed by atoms with Gasteiger partial charge < -0.3 is 9.47 Å². The summed E-state index contributed by atoms with van der Waals surface area (Å²) < 4.78 is 1.99. The Morgan fingerprint density at radius 3 is 2.43 bits per heavy atom. The van der Waals surface area contributed by atoms with E-state index in [0.29, 0.717) is 9.93 Å². The van der Waals surface area contributed by atoms with Crippen molar-refractivity contribution in [2.24, 2.45) is 0 Å². The van der Waals surface area contributed by atoms with Crippen molar-refractivity contribution in [1.82, 2.24) is 9.47 Å². The van der Waals surface area contributed by atoms with Crippen molar-refractivity contribution in [3.05, 3.63) is 88.0 Å². The number of imide groups is 1. The number of rotatable bonds is 5. The van der Waals surface area contributed by atoms with Gasteiger partial charge in [-0.2, -0.15) is 0 Å². The maximum atomic E-state index is 12.9. The number of thioether (sulfide) groups is 1. The molecule has 1 aliphatic rings. The molecule has 1 fully saturated rings. The lowest BCUT2D eigenvalue weighted by atomic mass is 10.2.